The number of aromatic carboxylic acids is 1. The molecule has 0 fully saturated rings. The largest absolute Gasteiger partial charge is 0.478 e. The molecule has 0 spiro atoms. The zero-order chi connectivity index (χ0) is 14.0. The highest BCUT2D eigenvalue weighted by molar-refractivity contribution is 5.89. The Balaban J connectivity index is 2.28. The van der Waals surface area contributed by atoms with E-state index in [9.17, 15) is 4.79 Å². The van der Waals surface area contributed by atoms with Gasteiger partial charge >= 0.3 is 5.97 Å². The summed E-state index contributed by atoms with van der Waals surface area (Å²) in [6, 6.07) is 7.30. The monoisotopic (exact) mass is 257 g/mol. The van der Waals surface area contributed by atoms with Crippen LogP contribution in [0.2, 0.25) is 0 Å². The van der Waals surface area contributed by atoms with Gasteiger partial charge in [-0.1, -0.05) is 6.07 Å². The van der Waals surface area contributed by atoms with Gasteiger partial charge in [-0.25, -0.2) is 9.78 Å². The molecule has 0 bridgehead atoms. The van der Waals surface area contributed by atoms with Crippen LogP contribution in [0.3, 0.4) is 0 Å². The van der Waals surface area contributed by atoms with Crippen molar-refractivity contribution >= 4 is 23.2 Å². The van der Waals surface area contributed by atoms with Crippen LogP contribution in [0.15, 0.2) is 30.5 Å². The predicted molar refractivity (Wildman–Crippen MR) is 74.8 cm³/mol. The molecule has 0 aliphatic carbocycles. The second-order valence-corrected chi connectivity index (χ2v) is 4.39. The lowest BCUT2D eigenvalue weighted by molar-refractivity contribution is 0.0696. The summed E-state index contributed by atoms with van der Waals surface area (Å²) in [4.78, 5) is 14.8. The molecule has 0 aliphatic heterocycles. The van der Waals surface area contributed by atoms with Gasteiger partial charge < -0.3 is 16.2 Å². The molecule has 0 aliphatic rings. The van der Waals surface area contributed by atoms with Crippen LogP contribution in [0.1, 0.15) is 21.5 Å². The van der Waals surface area contributed by atoms with Gasteiger partial charge in [0.15, 0.2) is 5.82 Å². The normalized spacial score (nSPS) is 10.2. The average molecular weight is 257 g/mol. The molecule has 2 rings (SSSR count). The summed E-state index contributed by atoms with van der Waals surface area (Å²) in [6.07, 6.45) is 1.28. The van der Waals surface area contributed by atoms with E-state index in [1.165, 1.54) is 17.8 Å². The first-order valence-electron chi connectivity index (χ1n) is 5.80. The van der Waals surface area contributed by atoms with Crippen molar-refractivity contribution in [2.24, 2.45) is 0 Å². The van der Waals surface area contributed by atoms with Crippen molar-refractivity contribution in [3.8, 4) is 0 Å². The first-order chi connectivity index (χ1) is 8.97. The van der Waals surface area contributed by atoms with Crippen molar-refractivity contribution in [2.45, 2.75) is 13.8 Å². The maximum absolute atomic E-state index is 10.8. The smallest absolute Gasteiger partial charge is 0.337 e. The van der Waals surface area contributed by atoms with Crippen molar-refractivity contribution in [2.75, 3.05) is 11.1 Å². The van der Waals surface area contributed by atoms with E-state index in [1.807, 2.05) is 32.0 Å². The SMILES string of the molecule is Cc1ccc(Nc2ncc(C(=O)O)cc2N)cc1C. The minimum atomic E-state index is -1.04. The standard InChI is InChI=1S/C14H15N3O2/c1-8-3-4-11(5-9(8)2)17-13-12(15)6-10(7-16-13)14(18)19/h3-7H,15H2,1-2H3,(H,16,17)(H,18,19). The second-order valence-electron chi connectivity index (χ2n) is 4.39. The molecule has 5 heteroatoms. The fraction of sp³-hybridized carbons (Fsp3) is 0.143. The van der Waals surface area contributed by atoms with Gasteiger partial charge in [-0.3, -0.25) is 0 Å². The maximum Gasteiger partial charge on any atom is 0.337 e. The van der Waals surface area contributed by atoms with E-state index < -0.39 is 5.97 Å². The molecule has 0 radical (unpaired) electrons. The van der Waals surface area contributed by atoms with Gasteiger partial charge in [0.2, 0.25) is 0 Å². The summed E-state index contributed by atoms with van der Waals surface area (Å²) in [5, 5.41) is 11.9. The minimum absolute atomic E-state index is 0.0723. The lowest BCUT2D eigenvalue weighted by Gasteiger charge is -2.10. The van der Waals surface area contributed by atoms with E-state index in [1.54, 1.807) is 0 Å². The van der Waals surface area contributed by atoms with Crippen LogP contribution in [0.25, 0.3) is 0 Å². The molecular weight excluding hydrogens is 242 g/mol. The fourth-order valence-electron chi connectivity index (χ4n) is 1.66. The number of carbonyl (C=O) groups is 1. The van der Waals surface area contributed by atoms with Gasteiger partial charge in [-0.2, -0.15) is 0 Å². The molecule has 1 heterocycles. The highest BCUT2D eigenvalue weighted by atomic mass is 16.4. The average Bonchev–Trinajstić information content (AvgIpc) is 2.36. The Morgan fingerprint density at radius 1 is 1.26 bits per heavy atom. The fourth-order valence-corrected chi connectivity index (χ4v) is 1.66. The Morgan fingerprint density at radius 2 is 2.00 bits per heavy atom. The first-order valence-corrected chi connectivity index (χ1v) is 5.80. The lowest BCUT2D eigenvalue weighted by atomic mass is 10.1. The number of carboxylic acid groups (broad SMARTS) is 1. The number of aryl methyl sites for hydroxylation is 2. The summed E-state index contributed by atoms with van der Waals surface area (Å²) in [5.41, 5.74) is 9.39. The number of anilines is 3. The number of hydrogen-bond donors (Lipinski definition) is 3. The number of nitrogens with one attached hydrogen (secondary N) is 1. The molecule has 0 atom stereocenters. The van der Waals surface area contributed by atoms with Crippen molar-refractivity contribution < 1.29 is 9.90 Å². The minimum Gasteiger partial charge on any atom is -0.478 e. The highest BCUT2D eigenvalue weighted by Crippen LogP contribution is 2.23. The molecule has 0 saturated heterocycles. The van der Waals surface area contributed by atoms with Gasteiger partial charge in [0.1, 0.15) is 0 Å². The van der Waals surface area contributed by atoms with Crippen LogP contribution < -0.4 is 11.1 Å². The Bertz CT molecular complexity index is 639. The highest BCUT2D eigenvalue weighted by Gasteiger charge is 2.08. The number of nitrogens with two attached hydrogens (primary N) is 1. The Labute approximate surface area is 111 Å². The number of aromatic nitrogens is 1. The van der Waals surface area contributed by atoms with Gasteiger partial charge in [0.25, 0.3) is 0 Å². The topological polar surface area (TPSA) is 88.2 Å². The molecule has 0 saturated carbocycles. The van der Waals surface area contributed by atoms with E-state index in [0.29, 0.717) is 11.5 Å². The molecule has 19 heavy (non-hydrogen) atoms. The van der Waals surface area contributed by atoms with Gasteiger partial charge in [0.05, 0.1) is 11.3 Å². The Morgan fingerprint density at radius 3 is 2.58 bits per heavy atom. The van der Waals surface area contributed by atoms with Crippen LogP contribution in [-0.4, -0.2) is 16.1 Å². The number of carboxylic acids is 1. The lowest BCUT2D eigenvalue weighted by Crippen LogP contribution is -2.04. The Hall–Kier alpha value is -2.56. The van der Waals surface area contributed by atoms with Gasteiger partial charge in [0, 0.05) is 11.9 Å². The van der Waals surface area contributed by atoms with Gasteiger partial charge in [-0.05, 0) is 43.2 Å². The third-order valence-electron chi connectivity index (χ3n) is 2.93. The number of nitrogen functional groups attached to an aromatic ring is 1. The molecule has 0 amide bonds. The van der Waals surface area contributed by atoms with Gasteiger partial charge in [-0.15, -0.1) is 0 Å². The summed E-state index contributed by atoms with van der Waals surface area (Å²) in [7, 11) is 0. The molecule has 4 N–H and O–H groups in total. The van der Waals surface area contributed by atoms with Crippen LogP contribution in [0.5, 0.6) is 0 Å². The number of pyridine rings is 1. The van der Waals surface area contributed by atoms with E-state index in [-0.39, 0.29) is 5.56 Å². The van der Waals surface area contributed by atoms with Crippen LogP contribution >= 0.6 is 0 Å². The summed E-state index contributed by atoms with van der Waals surface area (Å²) in [6.45, 7) is 4.05. The summed E-state index contributed by atoms with van der Waals surface area (Å²) >= 11 is 0. The maximum atomic E-state index is 10.8. The van der Waals surface area contributed by atoms with Crippen molar-refractivity contribution in [1.29, 1.82) is 0 Å². The van der Waals surface area contributed by atoms with E-state index in [2.05, 4.69) is 10.3 Å². The number of nitrogens with zero attached hydrogens (tertiary/aromatic N) is 1. The Kier molecular flexibility index (Phi) is 3.37. The van der Waals surface area contributed by atoms with Crippen LogP contribution in [-0.2, 0) is 0 Å². The van der Waals surface area contributed by atoms with Crippen LogP contribution in [0, 0.1) is 13.8 Å². The first kappa shape index (κ1) is 12.9. The summed E-state index contributed by atoms with van der Waals surface area (Å²) in [5.74, 6) is -0.592. The van der Waals surface area contributed by atoms with E-state index in [4.69, 9.17) is 10.8 Å². The molecular formula is C14H15N3O2. The zero-order valence-corrected chi connectivity index (χ0v) is 10.8. The molecule has 1 aromatic heterocycles. The third-order valence-corrected chi connectivity index (χ3v) is 2.93. The molecule has 0 unspecified atom stereocenters. The van der Waals surface area contributed by atoms with Crippen LogP contribution in [0.4, 0.5) is 17.2 Å². The van der Waals surface area contributed by atoms with Crippen molar-refractivity contribution in [3.05, 3.63) is 47.2 Å². The molecule has 98 valence electrons. The van der Waals surface area contributed by atoms with Crippen molar-refractivity contribution in [3.63, 3.8) is 0 Å². The number of hydrogen-bond acceptors (Lipinski definition) is 4. The van der Waals surface area contributed by atoms with E-state index in [0.717, 1.165) is 11.3 Å². The third kappa shape index (κ3) is 2.82. The zero-order valence-electron chi connectivity index (χ0n) is 10.8. The molecule has 2 aromatic rings. The number of benzene rings is 1. The quantitative estimate of drug-likeness (QED) is 0.786. The predicted octanol–water partition coefficient (Wildman–Crippen LogP) is 2.72. The molecule has 1 aromatic carbocycles. The molecule has 5 nitrogen and oxygen atoms in total. The number of rotatable bonds is 3. The van der Waals surface area contributed by atoms with E-state index >= 15 is 0 Å². The second kappa shape index (κ2) is 4.97. The summed E-state index contributed by atoms with van der Waals surface area (Å²) < 4.78 is 0. The van der Waals surface area contributed by atoms with Crippen molar-refractivity contribution in [1.82, 2.24) is 4.98 Å².